The van der Waals surface area contributed by atoms with Crippen LogP contribution in [0.1, 0.15) is 27.3 Å². The average molecular weight is 455 g/mol. The van der Waals surface area contributed by atoms with Gasteiger partial charge in [-0.05, 0) is 43.7 Å². The summed E-state index contributed by atoms with van der Waals surface area (Å²) in [4.78, 5) is 25.4. The predicted molar refractivity (Wildman–Crippen MR) is 131 cm³/mol. The molecule has 7 heteroatoms. The number of aryl methyl sites for hydroxylation is 1. The van der Waals surface area contributed by atoms with Gasteiger partial charge in [-0.15, -0.1) is 0 Å². The number of amides is 2. The van der Waals surface area contributed by atoms with Crippen LogP contribution in [0.5, 0.6) is 5.75 Å². The second-order valence-electron chi connectivity index (χ2n) is 7.79. The Balaban J connectivity index is 1.39. The highest BCUT2D eigenvalue weighted by Crippen LogP contribution is 2.23. The van der Waals surface area contributed by atoms with Gasteiger partial charge in [-0.25, -0.2) is 4.68 Å². The Hall–Kier alpha value is -4.39. The lowest BCUT2D eigenvalue weighted by Gasteiger charge is -2.12. The highest BCUT2D eigenvalue weighted by atomic mass is 16.5. The fraction of sp³-hybridized carbons (Fsp3) is 0.148. The fourth-order valence-electron chi connectivity index (χ4n) is 3.62. The van der Waals surface area contributed by atoms with Crippen LogP contribution in [-0.4, -0.2) is 28.2 Å². The molecular weight excluding hydrogens is 428 g/mol. The van der Waals surface area contributed by atoms with Crippen LogP contribution in [0.4, 0.5) is 5.69 Å². The van der Waals surface area contributed by atoms with Crippen molar-refractivity contribution in [2.75, 3.05) is 11.9 Å². The first kappa shape index (κ1) is 22.8. The van der Waals surface area contributed by atoms with E-state index >= 15 is 0 Å². The Bertz CT molecular complexity index is 1280. The van der Waals surface area contributed by atoms with E-state index in [9.17, 15) is 9.59 Å². The zero-order valence-corrected chi connectivity index (χ0v) is 19.1. The second-order valence-corrected chi connectivity index (χ2v) is 7.79. The minimum Gasteiger partial charge on any atom is -0.483 e. The molecule has 0 spiro atoms. The first-order chi connectivity index (χ1) is 16.5. The smallest absolute Gasteiger partial charge is 0.262 e. The van der Waals surface area contributed by atoms with Gasteiger partial charge in [0.1, 0.15) is 5.75 Å². The van der Waals surface area contributed by atoms with Gasteiger partial charge in [0.2, 0.25) is 0 Å². The summed E-state index contributed by atoms with van der Waals surface area (Å²) < 4.78 is 7.51. The van der Waals surface area contributed by atoms with E-state index in [4.69, 9.17) is 4.74 Å². The van der Waals surface area contributed by atoms with Gasteiger partial charge < -0.3 is 15.4 Å². The summed E-state index contributed by atoms with van der Waals surface area (Å²) >= 11 is 0. The standard InChI is InChI=1S/C27H26N4O3/c1-19-26(20(2)31(30-19)22-13-7-4-8-14-22)29-25(32)18-34-24-16-10-9-15-23(24)27(33)28-17-21-11-5-3-6-12-21/h3-16H,17-18H2,1-2H3,(H,28,33)(H,29,32). The first-order valence-electron chi connectivity index (χ1n) is 11.0. The van der Waals surface area contributed by atoms with Crippen LogP contribution in [0, 0.1) is 13.8 Å². The van der Waals surface area contributed by atoms with Gasteiger partial charge in [-0.1, -0.05) is 60.7 Å². The molecule has 0 radical (unpaired) electrons. The predicted octanol–water partition coefficient (Wildman–Crippen LogP) is 4.44. The summed E-state index contributed by atoms with van der Waals surface area (Å²) in [5, 5.41) is 10.3. The van der Waals surface area contributed by atoms with E-state index in [1.165, 1.54) is 0 Å². The van der Waals surface area contributed by atoms with Crippen molar-refractivity contribution in [1.29, 1.82) is 0 Å². The highest BCUT2D eigenvalue weighted by molar-refractivity contribution is 5.97. The lowest BCUT2D eigenvalue weighted by atomic mass is 10.1. The van der Waals surface area contributed by atoms with Crippen molar-refractivity contribution in [3.05, 3.63) is 107 Å². The molecule has 0 aliphatic heterocycles. The molecule has 0 bridgehead atoms. The van der Waals surface area contributed by atoms with Gasteiger partial charge in [0, 0.05) is 6.54 Å². The summed E-state index contributed by atoms with van der Waals surface area (Å²) in [6.07, 6.45) is 0. The van der Waals surface area contributed by atoms with Crippen molar-refractivity contribution >= 4 is 17.5 Å². The van der Waals surface area contributed by atoms with E-state index in [-0.39, 0.29) is 18.4 Å². The van der Waals surface area contributed by atoms with E-state index < -0.39 is 0 Å². The van der Waals surface area contributed by atoms with Crippen molar-refractivity contribution in [3.63, 3.8) is 0 Å². The van der Waals surface area contributed by atoms with Crippen LogP contribution in [0.3, 0.4) is 0 Å². The molecule has 0 saturated carbocycles. The van der Waals surface area contributed by atoms with Crippen molar-refractivity contribution in [3.8, 4) is 11.4 Å². The number of carbonyl (C=O) groups is 2. The first-order valence-corrected chi connectivity index (χ1v) is 11.0. The number of hydrogen-bond acceptors (Lipinski definition) is 4. The van der Waals surface area contributed by atoms with Crippen molar-refractivity contribution in [1.82, 2.24) is 15.1 Å². The maximum absolute atomic E-state index is 12.7. The molecule has 4 rings (SSSR count). The molecule has 0 unspecified atom stereocenters. The van der Waals surface area contributed by atoms with Crippen LogP contribution in [0.15, 0.2) is 84.9 Å². The number of ether oxygens (including phenoxy) is 1. The summed E-state index contributed by atoms with van der Waals surface area (Å²) in [7, 11) is 0. The van der Waals surface area contributed by atoms with E-state index in [0.717, 1.165) is 16.9 Å². The van der Waals surface area contributed by atoms with Crippen LogP contribution >= 0.6 is 0 Å². The molecule has 1 aromatic heterocycles. The molecule has 2 N–H and O–H groups in total. The maximum Gasteiger partial charge on any atom is 0.262 e. The fourth-order valence-corrected chi connectivity index (χ4v) is 3.62. The molecule has 0 aliphatic rings. The Morgan fingerprint density at radius 1 is 0.882 bits per heavy atom. The molecule has 0 aliphatic carbocycles. The number of carbonyl (C=O) groups excluding carboxylic acids is 2. The third-order valence-electron chi connectivity index (χ3n) is 5.34. The van der Waals surface area contributed by atoms with E-state index in [0.29, 0.717) is 29.2 Å². The lowest BCUT2D eigenvalue weighted by Crippen LogP contribution is -2.25. The van der Waals surface area contributed by atoms with Crippen LogP contribution in [0.25, 0.3) is 5.69 Å². The highest BCUT2D eigenvalue weighted by Gasteiger charge is 2.17. The lowest BCUT2D eigenvalue weighted by molar-refractivity contribution is -0.118. The quantitative estimate of drug-likeness (QED) is 0.412. The third kappa shape index (κ3) is 5.32. The summed E-state index contributed by atoms with van der Waals surface area (Å²) in [6, 6.07) is 26.2. The number of para-hydroxylation sites is 2. The minimum atomic E-state index is -0.335. The van der Waals surface area contributed by atoms with E-state index in [1.54, 1.807) is 28.9 Å². The van der Waals surface area contributed by atoms with Crippen molar-refractivity contribution < 1.29 is 14.3 Å². The van der Waals surface area contributed by atoms with Crippen molar-refractivity contribution in [2.24, 2.45) is 0 Å². The molecule has 4 aromatic rings. The SMILES string of the molecule is Cc1nn(-c2ccccc2)c(C)c1NC(=O)COc1ccccc1C(=O)NCc1ccccc1. The molecule has 7 nitrogen and oxygen atoms in total. The van der Waals surface area contributed by atoms with Gasteiger partial charge in [0.05, 0.1) is 28.3 Å². The number of nitrogens with zero attached hydrogens (tertiary/aromatic N) is 2. The molecule has 0 atom stereocenters. The van der Waals surface area contributed by atoms with Crippen LogP contribution in [0.2, 0.25) is 0 Å². The Morgan fingerprint density at radius 2 is 1.53 bits per heavy atom. The number of nitrogens with one attached hydrogen (secondary N) is 2. The maximum atomic E-state index is 12.7. The zero-order chi connectivity index (χ0) is 23.9. The molecule has 0 fully saturated rings. The number of benzene rings is 3. The largest absolute Gasteiger partial charge is 0.483 e. The van der Waals surface area contributed by atoms with Gasteiger partial charge in [0.25, 0.3) is 11.8 Å². The van der Waals surface area contributed by atoms with Gasteiger partial charge in [-0.2, -0.15) is 5.10 Å². The molecular formula is C27H26N4O3. The van der Waals surface area contributed by atoms with E-state index in [2.05, 4.69) is 15.7 Å². The molecule has 2 amide bonds. The molecule has 172 valence electrons. The third-order valence-corrected chi connectivity index (χ3v) is 5.34. The number of rotatable bonds is 8. The average Bonchev–Trinajstić information content (AvgIpc) is 3.15. The Labute approximate surface area is 198 Å². The van der Waals surface area contributed by atoms with Crippen molar-refractivity contribution in [2.45, 2.75) is 20.4 Å². The topological polar surface area (TPSA) is 85.2 Å². The van der Waals surface area contributed by atoms with Gasteiger partial charge >= 0.3 is 0 Å². The Kier molecular flexibility index (Phi) is 7.03. The number of hydrogen-bond donors (Lipinski definition) is 2. The number of aromatic nitrogens is 2. The summed E-state index contributed by atoms with van der Waals surface area (Å²) in [6.45, 7) is 3.90. The normalized spacial score (nSPS) is 10.5. The van der Waals surface area contributed by atoms with Crippen LogP contribution < -0.4 is 15.4 Å². The molecule has 0 saturated heterocycles. The van der Waals surface area contributed by atoms with Gasteiger partial charge in [0.15, 0.2) is 6.61 Å². The number of anilines is 1. The van der Waals surface area contributed by atoms with Crippen LogP contribution in [-0.2, 0) is 11.3 Å². The molecule has 34 heavy (non-hydrogen) atoms. The molecule has 1 heterocycles. The molecule has 3 aromatic carbocycles. The second kappa shape index (κ2) is 10.5. The Morgan fingerprint density at radius 3 is 2.26 bits per heavy atom. The summed E-state index contributed by atoms with van der Waals surface area (Å²) in [5.74, 6) is -0.259. The minimum absolute atomic E-state index is 0.238. The zero-order valence-electron chi connectivity index (χ0n) is 19.1. The van der Waals surface area contributed by atoms with E-state index in [1.807, 2.05) is 74.5 Å². The summed E-state index contributed by atoms with van der Waals surface area (Å²) in [5.41, 5.74) is 4.45. The monoisotopic (exact) mass is 454 g/mol. The van der Waals surface area contributed by atoms with Gasteiger partial charge in [-0.3, -0.25) is 9.59 Å².